The molecule has 30 heavy (non-hydrogen) atoms. The highest BCUT2D eigenvalue weighted by molar-refractivity contribution is 7.89. The number of rotatable bonds is 7. The van der Waals surface area contributed by atoms with Crippen molar-refractivity contribution in [2.45, 2.75) is 30.3 Å². The highest BCUT2D eigenvalue weighted by atomic mass is 32.2. The van der Waals surface area contributed by atoms with Crippen LogP contribution in [-0.2, 0) is 33.1 Å². The van der Waals surface area contributed by atoms with Gasteiger partial charge in [-0.2, -0.15) is 4.31 Å². The monoisotopic (exact) mass is 435 g/mol. The first kappa shape index (κ1) is 21.8. The minimum Gasteiger partial charge on any atom is -0.497 e. The molecule has 0 spiro atoms. The lowest BCUT2D eigenvalue weighted by Gasteiger charge is -2.23. The minimum absolute atomic E-state index is 0.0414. The van der Waals surface area contributed by atoms with Gasteiger partial charge in [0.05, 0.1) is 14.2 Å². The molecule has 1 unspecified atom stereocenters. The van der Waals surface area contributed by atoms with E-state index in [0.29, 0.717) is 18.6 Å². The maximum Gasteiger partial charge on any atom is 0.354 e. The van der Waals surface area contributed by atoms with Crippen LogP contribution in [0.2, 0.25) is 0 Å². The van der Waals surface area contributed by atoms with Crippen molar-refractivity contribution in [2.24, 2.45) is 7.05 Å². The number of carbonyl (C=O) groups is 2. The first-order valence-electron chi connectivity index (χ1n) is 9.45. The number of hydrogen-bond acceptors (Lipinski definition) is 6. The molecule has 3 rings (SSSR count). The Bertz CT molecular complexity index is 1030. The third kappa shape index (κ3) is 4.34. The zero-order chi connectivity index (χ0) is 21.9. The van der Waals surface area contributed by atoms with Crippen LogP contribution in [0.5, 0.6) is 5.75 Å². The van der Waals surface area contributed by atoms with Crippen LogP contribution in [0.1, 0.15) is 28.9 Å². The molecular weight excluding hydrogens is 410 g/mol. The number of amides is 1. The van der Waals surface area contributed by atoms with Crippen LogP contribution in [0, 0.1) is 0 Å². The van der Waals surface area contributed by atoms with Gasteiger partial charge >= 0.3 is 5.97 Å². The summed E-state index contributed by atoms with van der Waals surface area (Å²) in [4.78, 5) is 24.5. The van der Waals surface area contributed by atoms with Gasteiger partial charge < -0.3 is 19.4 Å². The maximum absolute atomic E-state index is 13.1. The SMILES string of the molecule is COC(=O)c1cc(S(=O)(=O)N2CCCC2C(=O)NCc2ccc(OC)cc2)cn1C. The van der Waals surface area contributed by atoms with E-state index in [1.807, 2.05) is 12.1 Å². The molecule has 0 aliphatic carbocycles. The predicted octanol–water partition coefficient (Wildman–Crippen LogP) is 1.29. The number of carbonyl (C=O) groups excluding carboxylic acids is 2. The molecule has 9 nitrogen and oxygen atoms in total. The third-order valence-electron chi connectivity index (χ3n) is 5.11. The number of aromatic nitrogens is 1. The zero-order valence-electron chi connectivity index (χ0n) is 17.1. The number of aryl methyl sites for hydroxylation is 1. The first-order valence-corrected chi connectivity index (χ1v) is 10.9. The molecule has 0 bridgehead atoms. The molecule has 10 heteroatoms. The average molecular weight is 436 g/mol. The van der Waals surface area contributed by atoms with Crippen LogP contribution in [0.15, 0.2) is 41.4 Å². The van der Waals surface area contributed by atoms with Crippen molar-refractivity contribution in [3.8, 4) is 5.75 Å². The molecule has 2 heterocycles. The number of nitrogens with one attached hydrogen (secondary N) is 1. The van der Waals surface area contributed by atoms with E-state index < -0.39 is 22.0 Å². The Hall–Kier alpha value is -2.85. The largest absolute Gasteiger partial charge is 0.497 e. The van der Waals surface area contributed by atoms with Crippen LogP contribution in [0.3, 0.4) is 0 Å². The molecule has 1 aromatic carbocycles. The number of esters is 1. The van der Waals surface area contributed by atoms with Crippen LogP contribution in [-0.4, -0.2) is 56.0 Å². The highest BCUT2D eigenvalue weighted by Crippen LogP contribution is 2.27. The Labute approximate surface area is 175 Å². The summed E-state index contributed by atoms with van der Waals surface area (Å²) in [6.07, 6.45) is 2.37. The van der Waals surface area contributed by atoms with E-state index in [4.69, 9.17) is 4.74 Å². The van der Waals surface area contributed by atoms with Crippen molar-refractivity contribution in [2.75, 3.05) is 20.8 Å². The molecule has 1 aromatic heterocycles. The zero-order valence-corrected chi connectivity index (χ0v) is 17.9. The average Bonchev–Trinajstić information content (AvgIpc) is 3.39. The van der Waals surface area contributed by atoms with Crippen LogP contribution in [0.4, 0.5) is 0 Å². The second kappa shape index (κ2) is 8.88. The van der Waals surface area contributed by atoms with Crippen LogP contribution >= 0.6 is 0 Å². The van der Waals surface area contributed by atoms with Gasteiger partial charge in [0, 0.05) is 26.3 Å². The molecule has 0 saturated carbocycles. The van der Waals surface area contributed by atoms with E-state index in [1.54, 1.807) is 26.3 Å². The van der Waals surface area contributed by atoms with Gasteiger partial charge in [0.2, 0.25) is 15.9 Å². The van der Waals surface area contributed by atoms with Gasteiger partial charge in [0.25, 0.3) is 0 Å². The molecule has 162 valence electrons. The van der Waals surface area contributed by atoms with E-state index in [9.17, 15) is 18.0 Å². The fourth-order valence-corrected chi connectivity index (χ4v) is 5.19. The standard InChI is InChI=1S/C20H25N3O6S/c1-22-13-16(11-18(22)20(25)29-3)30(26,27)23-10-4-5-17(23)19(24)21-12-14-6-8-15(28-2)9-7-14/h6-9,11,13,17H,4-5,10,12H2,1-3H3,(H,21,24). The first-order chi connectivity index (χ1) is 14.3. The second-order valence-corrected chi connectivity index (χ2v) is 8.89. The van der Waals surface area contributed by atoms with Gasteiger partial charge in [-0.25, -0.2) is 13.2 Å². The lowest BCUT2D eigenvalue weighted by Crippen LogP contribution is -2.45. The molecular formula is C20H25N3O6S. The summed E-state index contributed by atoms with van der Waals surface area (Å²) in [5.74, 6) is -0.266. The van der Waals surface area contributed by atoms with E-state index in [2.05, 4.69) is 10.1 Å². The number of methoxy groups -OCH3 is 2. The van der Waals surface area contributed by atoms with E-state index in [-0.39, 0.29) is 29.6 Å². The summed E-state index contributed by atoms with van der Waals surface area (Å²) >= 11 is 0. The fourth-order valence-electron chi connectivity index (χ4n) is 3.46. The minimum atomic E-state index is -3.94. The fraction of sp³-hybridized carbons (Fsp3) is 0.400. The van der Waals surface area contributed by atoms with Gasteiger partial charge in [0.1, 0.15) is 22.4 Å². The topological polar surface area (TPSA) is 107 Å². The van der Waals surface area contributed by atoms with Crippen molar-refractivity contribution < 1.29 is 27.5 Å². The summed E-state index contributed by atoms with van der Waals surface area (Å²) in [5, 5.41) is 2.81. The molecule has 1 aliphatic heterocycles. The Balaban J connectivity index is 1.73. The molecule has 1 N–H and O–H groups in total. The van der Waals surface area contributed by atoms with Crippen molar-refractivity contribution in [3.05, 3.63) is 47.8 Å². The Kier molecular flexibility index (Phi) is 6.47. The smallest absolute Gasteiger partial charge is 0.354 e. The van der Waals surface area contributed by atoms with Gasteiger partial charge in [-0.15, -0.1) is 0 Å². The van der Waals surface area contributed by atoms with Gasteiger partial charge in [-0.1, -0.05) is 12.1 Å². The normalized spacial score (nSPS) is 17.0. The van der Waals surface area contributed by atoms with Gasteiger partial charge in [0.15, 0.2) is 0 Å². The molecule has 1 aliphatic rings. The lowest BCUT2D eigenvalue weighted by molar-refractivity contribution is -0.124. The van der Waals surface area contributed by atoms with E-state index in [0.717, 1.165) is 5.56 Å². The van der Waals surface area contributed by atoms with E-state index in [1.165, 1.54) is 28.2 Å². The molecule has 2 aromatic rings. The maximum atomic E-state index is 13.1. The highest BCUT2D eigenvalue weighted by Gasteiger charge is 2.40. The summed E-state index contributed by atoms with van der Waals surface area (Å²) < 4.78 is 38.7. The molecule has 0 radical (unpaired) electrons. The number of sulfonamides is 1. The Morgan fingerprint density at radius 1 is 1.20 bits per heavy atom. The lowest BCUT2D eigenvalue weighted by atomic mass is 10.2. The van der Waals surface area contributed by atoms with Crippen molar-refractivity contribution in [3.63, 3.8) is 0 Å². The number of ether oxygens (including phenoxy) is 2. The molecule has 1 fully saturated rings. The number of hydrogen-bond donors (Lipinski definition) is 1. The predicted molar refractivity (Wildman–Crippen MR) is 109 cm³/mol. The molecule has 1 amide bonds. The van der Waals surface area contributed by atoms with Crippen molar-refractivity contribution >= 4 is 21.9 Å². The van der Waals surface area contributed by atoms with Crippen molar-refractivity contribution in [1.29, 1.82) is 0 Å². The summed E-state index contributed by atoms with van der Waals surface area (Å²) in [5.41, 5.74) is 0.998. The van der Waals surface area contributed by atoms with E-state index >= 15 is 0 Å². The third-order valence-corrected chi connectivity index (χ3v) is 6.99. The Morgan fingerprint density at radius 3 is 2.53 bits per heavy atom. The van der Waals surface area contributed by atoms with Crippen LogP contribution in [0.25, 0.3) is 0 Å². The molecule has 1 atom stereocenters. The number of benzene rings is 1. The quantitative estimate of drug-likeness (QED) is 0.657. The van der Waals surface area contributed by atoms with Crippen LogP contribution < -0.4 is 10.1 Å². The van der Waals surface area contributed by atoms with Crippen molar-refractivity contribution in [1.82, 2.24) is 14.2 Å². The van der Waals surface area contributed by atoms with Gasteiger partial charge in [-0.05, 0) is 36.6 Å². The summed E-state index contributed by atoms with van der Waals surface area (Å²) in [6, 6.07) is 7.73. The summed E-state index contributed by atoms with van der Waals surface area (Å²) in [7, 11) is 0.428. The number of nitrogens with zero attached hydrogens (tertiary/aromatic N) is 2. The summed E-state index contributed by atoms with van der Waals surface area (Å²) in [6.45, 7) is 0.524. The van der Waals surface area contributed by atoms with Gasteiger partial charge in [-0.3, -0.25) is 4.79 Å². The second-order valence-electron chi connectivity index (χ2n) is 7.00. The molecule has 1 saturated heterocycles. The Morgan fingerprint density at radius 2 is 1.90 bits per heavy atom.